The van der Waals surface area contributed by atoms with Gasteiger partial charge in [0.1, 0.15) is 0 Å². The monoisotopic (exact) mass is 259 g/mol. The summed E-state index contributed by atoms with van der Waals surface area (Å²) in [7, 11) is 0. The molecule has 2 nitrogen and oxygen atoms in total. The molecule has 2 rings (SSSR count). The summed E-state index contributed by atoms with van der Waals surface area (Å²) in [6.45, 7) is 5.59. The topological polar surface area (TPSA) is 14.2 Å². The van der Waals surface area contributed by atoms with Crippen molar-refractivity contribution in [1.82, 2.24) is 4.57 Å². The highest BCUT2D eigenvalue weighted by Gasteiger charge is 2.10. The van der Waals surface area contributed by atoms with Gasteiger partial charge in [-0.1, -0.05) is 30.3 Å². The molecule has 0 aliphatic heterocycles. The van der Waals surface area contributed by atoms with Crippen LogP contribution in [0.2, 0.25) is 0 Å². The van der Waals surface area contributed by atoms with Crippen molar-refractivity contribution in [2.45, 2.75) is 20.4 Å². The first-order valence-corrected chi connectivity index (χ1v) is 6.59. The minimum Gasteiger partial charge on any atom is -0.483 e. The first kappa shape index (κ1) is 12.8. The number of rotatable bonds is 4. The summed E-state index contributed by atoms with van der Waals surface area (Å²) >= 11 is 5.25. The van der Waals surface area contributed by atoms with Crippen molar-refractivity contribution in [2.75, 3.05) is 6.61 Å². The average molecular weight is 259 g/mol. The number of aromatic nitrogens is 1. The molecule has 0 aliphatic carbocycles. The molecule has 1 heterocycles. The highest BCUT2D eigenvalue weighted by Crippen LogP contribution is 2.23. The Labute approximate surface area is 113 Å². The lowest BCUT2D eigenvalue weighted by molar-refractivity contribution is 0.337. The number of hydrogen-bond acceptors (Lipinski definition) is 2. The van der Waals surface area contributed by atoms with Crippen molar-refractivity contribution in [1.29, 1.82) is 0 Å². The Morgan fingerprint density at radius 1 is 1.22 bits per heavy atom. The zero-order valence-electron chi connectivity index (χ0n) is 10.7. The van der Waals surface area contributed by atoms with Gasteiger partial charge >= 0.3 is 0 Å². The lowest BCUT2D eigenvalue weighted by atomic mass is 10.1. The maximum absolute atomic E-state index is 5.39. The van der Waals surface area contributed by atoms with Gasteiger partial charge < -0.3 is 9.30 Å². The summed E-state index contributed by atoms with van der Waals surface area (Å²) in [5, 5.41) is 0.571. The number of benzene rings is 1. The van der Waals surface area contributed by atoms with Crippen molar-refractivity contribution < 1.29 is 4.74 Å². The van der Waals surface area contributed by atoms with Gasteiger partial charge in [-0.25, -0.2) is 0 Å². The minimum atomic E-state index is 0.571. The van der Waals surface area contributed by atoms with Crippen molar-refractivity contribution >= 4 is 17.3 Å². The van der Waals surface area contributed by atoms with Gasteiger partial charge in [0.05, 0.1) is 6.61 Å². The fraction of sp³-hybridized carbons (Fsp3) is 0.267. The number of aryl methyl sites for hydroxylation is 1. The maximum atomic E-state index is 5.39. The van der Waals surface area contributed by atoms with Crippen LogP contribution in [0.5, 0.6) is 0 Å². The van der Waals surface area contributed by atoms with E-state index in [4.69, 9.17) is 17.0 Å². The molecule has 0 radical (unpaired) electrons. The van der Waals surface area contributed by atoms with Gasteiger partial charge in [-0.2, -0.15) is 0 Å². The van der Waals surface area contributed by atoms with Crippen molar-refractivity contribution in [3.8, 4) is 11.3 Å². The Balaban J connectivity index is 2.39. The Morgan fingerprint density at radius 2 is 1.94 bits per heavy atom. The molecule has 0 atom stereocenters. The molecule has 0 amide bonds. The van der Waals surface area contributed by atoms with Gasteiger partial charge in [0.15, 0.2) is 5.05 Å². The van der Waals surface area contributed by atoms with Crippen molar-refractivity contribution in [3.05, 3.63) is 48.2 Å². The molecule has 0 saturated carbocycles. The number of thiocarbonyl (C=S) groups is 1. The third-order valence-electron chi connectivity index (χ3n) is 2.82. The molecule has 18 heavy (non-hydrogen) atoms. The van der Waals surface area contributed by atoms with Crippen LogP contribution in [-0.2, 0) is 11.3 Å². The number of hydrogen-bond donors (Lipinski definition) is 0. The first-order chi connectivity index (χ1) is 8.76. The van der Waals surface area contributed by atoms with Crippen LogP contribution in [0, 0.1) is 0 Å². The third-order valence-corrected chi connectivity index (χ3v) is 3.17. The molecule has 0 unspecified atom stereocenters. The number of ether oxygens (including phenoxy) is 1. The molecule has 0 spiro atoms. The second-order valence-corrected chi connectivity index (χ2v) is 4.36. The van der Waals surface area contributed by atoms with Crippen LogP contribution in [0.1, 0.15) is 19.4 Å². The average Bonchev–Trinajstić information content (AvgIpc) is 2.84. The molecule has 0 aliphatic rings. The van der Waals surface area contributed by atoms with E-state index < -0.39 is 0 Å². The van der Waals surface area contributed by atoms with Crippen molar-refractivity contribution in [2.24, 2.45) is 0 Å². The summed E-state index contributed by atoms with van der Waals surface area (Å²) in [4.78, 5) is 0. The Bertz CT molecular complexity index is 531. The largest absolute Gasteiger partial charge is 0.483 e. The quantitative estimate of drug-likeness (QED) is 0.773. The van der Waals surface area contributed by atoms with E-state index in [2.05, 4.69) is 35.9 Å². The van der Waals surface area contributed by atoms with Gasteiger partial charge in [0.2, 0.25) is 0 Å². The van der Waals surface area contributed by atoms with E-state index in [0.717, 1.165) is 12.1 Å². The van der Waals surface area contributed by atoms with Gasteiger partial charge in [0.25, 0.3) is 0 Å². The summed E-state index contributed by atoms with van der Waals surface area (Å²) in [6.07, 6.45) is 2.06. The van der Waals surface area contributed by atoms with Gasteiger partial charge in [-0.15, -0.1) is 0 Å². The minimum absolute atomic E-state index is 0.571. The molecule has 2 aromatic rings. The highest BCUT2D eigenvalue weighted by molar-refractivity contribution is 7.80. The van der Waals surface area contributed by atoms with Crippen LogP contribution < -0.4 is 0 Å². The fourth-order valence-electron chi connectivity index (χ4n) is 1.95. The molecule has 3 heteroatoms. The van der Waals surface area contributed by atoms with Gasteiger partial charge in [-0.3, -0.25) is 0 Å². The predicted molar refractivity (Wildman–Crippen MR) is 78.9 cm³/mol. The number of nitrogens with zero attached hydrogens (tertiary/aromatic N) is 1. The second kappa shape index (κ2) is 5.83. The van der Waals surface area contributed by atoms with Gasteiger partial charge in [-0.05, 0) is 37.7 Å². The fourth-order valence-corrected chi connectivity index (χ4v) is 2.18. The molecule has 0 bridgehead atoms. The first-order valence-electron chi connectivity index (χ1n) is 6.19. The van der Waals surface area contributed by atoms with E-state index >= 15 is 0 Å². The highest BCUT2D eigenvalue weighted by atomic mass is 32.1. The molecule has 0 N–H and O–H groups in total. The van der Waals surface area contributed by atoms with Crippen molar-refractivity contribution in [3.63, 3.8) is 0 Å². The van der Waals surface area contributed by atoms with E-state index in [1.54, 1.807) is 0 Å². The molecule has 1 aromatic heterocycles. The Morgan fingerprint density at radius 3 is 2.56 bits per heavy atom. The van der Waals surface area contributed by atoms with Crippen LogP contribution in [0.3, 0.4) is 0 Å². The summed E-state index contributed by atoms with van der Waals surface area (Å²) < 4.78 is 7.59. The van der Waals surface area contributed by atoms with E-state index in [1.807, 2.05) is 25.1 Å². The molecular weight excluding hydrogens is 242 g/mol. The van der Waals surface area contributed by atoms with E-state index in [0.29, 0.717) is 11.7 Å². The van der Waals surface area contributed by atoms with Crippen LogP contribution in [0.25, 0.3) is 11.3 Å². The van der Waals surface area contributed by atoms with Crippen LogP contribution in [0.4, 0.5) is 0 Å². The zero-order chi connectivity index (χ0) is 13.0. The molecule has 1 aromatic carbocycles. The Hall–Kier alpha value is -1.61. The summed E-state index contributed by atoms with van der Waals surface area (Å²) in [5.74, 6) is 0. The predicted octanol–water partition coefficient (Wildman–Crippen LogP) is 3.89. The normalized spacial score (nSPS) is 10.3. The molecular formula is C15H17NOS. The second-order valence-electron chi connectivity index (χ2n) is 3.99. The smallest absolute Gasteiger partial charge is 0.192 e. The lowest BCUT2D eigenvalue weighted by Crippen LogP contribution is -2.01. The molecule has 94 valence electrons. The maximum Gasteiger partial charge on any atom is 0.192 e. The summed E-state index contributed by atoms with van der Waals surface area (Å²) in [6, 6.07) is 12.4. The van der Waals surface area contributed by atoms with Crippen LogP contribution in [-0.4, -0.2) is 16.2 Å². The van der Waals surface area contributed by atoms with Gasteiger partial charge in [0, 0.05) is 24.0 Å². The Kier molecular flexibility index (Phi) is 4.15. The molecule has 0 fully saturated rings. The lowest BCUT2D eigenvalue weighted by Gasteiger charge is -2.05. The summed E-state index contributed by atoms with van der Waals surface area (Å²) in [5.41, 5.74) is 3.35. The standard InChI is InChI=1S/C15H17NOS/c1-3-16-11-13(15(18)17-4-2)10-14(16)12-8-6-5-7-9-12/h5-11H,3-4H2,1-2H3. The van der Waals surface area contributed by atoms with E-state index in [9.17, 15) is 0 Å². The van der Waals surface area contributed by atoms with Crippen LogP contribution in [0.15, 0.2) is 42.6 Å². The SMILES string of the molecule is CCOC(=S)c1cc(-c2ccccc2)n(CC)c1. The van der Waals surface area contributed by atoms with E-state index in [1.165, 1.54) is 11.3 Å². The zero-order valence-corrected chi connectivity index (χ0v) is 11.5. The molecule has 0 saturated heterocycles. The van der Waals surface area contributed by atoms with E-state index in [-0.39, 0.29) is 0 Å². The third kappa shape index (κ3) is 2.62. The van der Waals surface area contributed by atoms with Crippen LogP contribution >= 0.6 is 12.2 Å².